The van der Waals surface area contributed by atoms with Crippen molar-refractivity contribution in [2.45, 2.75) is 39.6 Å². The minimum Gasteiger partial charge on any atom is -0.456 e. The van der Waals surface area contributed by atoms with Gasteiger partial charge >= 0.3 is 5.97 Å². The quantitative estimate of drug-likeness (QED) is 0.313. The highest BCUT2D eigenvalue weighted by atomic mass is 16.7. The molecule has 0 rings (SSSR count). The molecule has 0 saturated carbocycles. The monoisotopic (exact) mass is 262 g/mol. The summed E-state index contributed by atoms with van der Waals surface area (Å²) in [6.07, 6.45) is -0.533. The Morgan fingerprint density at radius 3 is 2.06 bits per heavy atom. The summed E-state index contributed by atoms with van der Waals surface area (Å²) in [5, 5.41) is 0. The standard InChI is InChI=1S/C12H22O6/c1-4-15-10(12(14)18-8-7-13)9-11(16-5-2)17-6-3/h7,10-11H,4-6,8-9H2,1-3H3. The largest absolute Gasteiger partial charge is 0.456 e. The highest BCUT2D eigenvalue weighted by molar-refractivity contribution is 5.76. The molecule has 1 unspecified atom stereocenters. The molecule has 0 aromatic carbocycles. The molecule has 1 atom stereocenters. The van der Waals surface area contributed by atoms with Crippen molar-refractivity contribution in [2.24, 2.45) is 0 Å². The molecule has 0 saturated heterocycles. The summed E-state index contributed by atoms with van der Waals surface area (Å²) in [7, 11) is 0. The molecular weight excluding hydrogens is 240 g/mol. The van der Waals surface area contributed by atoms with Gasteiger partial charge in [0.1, 0.15) is 6.61 Å². The van der Waals surface area contributed by atoms with E-state index >= 15 is 0 Å². The maximum absolute atomic E-state index is 11.6. The van der Waals surface area contributed by atoms with Gasteiger partial charge in [0.2, 0.25) is 0 Å². The van der Waals surface area contributed by atoms with E-state index in [4.69, 9.17) is 18.9 Å². The lowest BCUT2D eigenvalue weighted by Gasteiger charge is -2.22. The van der Waals surface area contributed by atoms with Gasteiger partial charge in [-0.15, -0.1) is 0 Å². The predicted molar refractivity (Wildman–Crippen MR) is 64.1 cm³/mol. The second-order valence-electron chi connectivity index (χ2n) is 3.32. The predicted octanol–water partition coefficient (Wildman–Crippen LogP) is 0.923. The summed E-state index contributed by atoms with van der Waals surface area (Å²) >= 11 is 0. The van der Waals surface area contributed by atoms with Gasteiger partial charge in [0.05, 0.1) is 0 Å². The van der Waals surface area contributed by atoms with Gasteiger partial charge in [-0.1, -0.05) is 0 Å². The van der Waals surface area contributed by atoms with Gasteiger partial charge in [-0.3, -0.25) is 4.79 Å². The Kier molecular flexibility index (Phi) is 10.5. The van der Waals surface area contributed by atoms with Gasteiger partial charge in [-0.2, -0.15) is 0 Å². The van der Waals surface area contributed by atoms with Crippen molar-refractivity contribution >= 4 is 12.3 Å². The highest BCUT2D eigenvalue weighted by Gasteiger charge is 2.25. The van der Waals surface area contributed by atoms with Crippen LogP contribution in [0.2, 0.25) is 0 Å². The van der Waals surface area contributed by atoms with Crippen LogP contribution in [0.3, 0.4) is 0 Å². The molecule has 0 aromatic rings. The topological polar surface area (TPSA) is 71.1 Å². The third-order valence-electron chi connectivity index (χ3n) is 2.04. The van der Waals surface area contributed by atoms with Gasteiger partial charge in [0.15, 0.2) is 18.7 Å². The molecule has 0 radical (unpaired) electrons. The summed E-state index contributed by atoms with van der Waals surface area (Å²) in [6.45, 7) is 6.51. The maximum Gasteiger partial charge on any atom is 0.335 e. The molecule has 0 amide bonds. The molecule has 0 aliphatic rings. The van der Waals surface area contributed by atoms with Crippen molar-refractivity contribution in [3.63, 3.8) is 0 Å². The molecule has 0 aromatic heterocycles. The first-order valence-electron chi connectivity index (χ1n) is 6.14. The zero-order chi connectivity index (χ0) is 13.8. The first-order chi connectivity index (χ1) is 8.69. The van der Waals surface area contributed by atoms with E-state index in [2.05, 4.69) is 0 Å². The van der Waals surface area contributed by atoms with Gasteiger partial charge < -0.3 is 18.9 Å². The lowest BCUT2D eigenvalue weighted by molar-refractivity contribution is -0.178. The van der Waals surface area contributed by atoms with Crippen molar-refractivity contribution in [1.29, 1.82) is 0 Å². The molecule has 0 bridgehead atoms. The Morgan fingerprint density at radius 1 is 1.06 bits per heavy atom. The van der Waals surface area contributed by atoms with E-state index in [1.807, 2.05) is 13.8 Å². The number of hydrogen-bond donors (Lipinski definition) is 0. The molecule has 0 spiro atoms. The number of carbonyl (C=O) groups is 2. The van der Waals surface area contributed by atoms with Crippen LogP contribution < -0.4 is 0 Å². The fourth-order valence-electron chi connectivity index (χ4n) is 1.37. The van der Waals surface area contributed by atoms with Crippen LogP contribution in [0.5, 0.6) is 0 Å². The zero-order valence-electron chi connectivity index (χ0n) is 11.2. The molecule has 106 valence electrons. The number of esters is 1. The molecule has 0 fully saturated rings. The van der Waals surface area contributed by atoms with Crippen LogP contribution in [0.15, 0.2) is 0 Å². The van der Waals surface area contributed by atoms with E-state index in [0.717, 1.165) is 0 Å². The van der Waals surface area contributed by atoms with Gasteiger partial charge in [0.25, 0.3) is 0 Å². The lowest BCUT2D eigenvalue weighted by Crippen LogP contribution is -2.33. The molecule has 18 heavy (non-hydrogen) atoms. The van der Waals surface area contributed by atoms with E-state index in [1.165, 1.54) is 0 Å². The zero-order valence-corrected chi connectivity index (χ0v) is 11.2. The lowest BCUT2D eigenvalue weighted by atomic mass is 10.2. The maximum atomic E-state index is 11.6. The minimum atomic E-state index is -0.780. The summed E-state index contributed by atoms with van der Waals surface area (Å²) in [4.78, 5) is 21.8. The SMILES string of the molecule is CCOC(CC(OCC)C(=O)OCC=O)OCC. The summed E-state index contributed by atoms with van der Waals surface area (Å²) in [5.41, 5.74) is 0. The number of carbonyl (C=O) groups excluding carboxylic acids is 2. The Bertz CT molecular complexity index is 225. The van der Waals surface area contributed by atoms with E-state index in [1.54, 1.807) is 6.92 Å². The average molecular weight is 262 g/mol. The van der Waals surface area contributed by atoms with Gasteiger partial charge in [-0.25, -0.2) is 4.79 Å². The Balaban J connectivity index is 4.36. The van der Waals surface area contributed by atoms with Crippen molar-refractivity contribution in [3.05, 3.63) is 0 Å². The molecule has 0 aliphatic carbocycles. The molecule has 0 heterocycles. The molecule has 6 nitrogen and oxygen atoms in total. The molecule has 0 aliphatic heterocycles. The average Bonchev–Trinajstić information content (AvgIpc) is 2.36. The van der Waals surface area contributed by atoms with Crippen molar-refractivity contribution in [1.82, 2.24) is 0 Å². The van der Waals surface area contributed by atoms with Crippen LogP contribution in [0.1, 0.15) is 27.2 Å². The Hall–Kier alpha value is -0.980. The number of rotatable bonds is 11. The fraction of sp³-hybridized carbons (Fsp3) is 0.833. The summed E-state index contributed by atoms with van der Waals surface area (Å²) in [6, 6.07) is 0. The van der Waals surface area contributed by atoms with Crippen molar-refractivity contribution in [2.75, 3.05) is 26.4 Å². The van der Waals surface area contributed by atoms with E-state index in [-0.39, 0.29) is 13.0 Å². The van der Waals surface area contributed by atoms with E-state index in [9.17, 15) is 9.59 Å². The Morgan fingerprint density at radius 2 is 1.61 bits per heavy atom. The summed E-state index contributed by atoms with van der Waals surface area (Å²) in [5.74, 6) is -0.576. The van der Waals surface area contributed by atoms with Crippen molar-refractivity contribution < 1.29 is 28.5 Å². The smallest absolute Gasteiger partial charge is 0.335 e. The van der Waals surface area contributed by atoms with Crippen LogP contribution in [-0.4, -0.2) is 51.1 Å². The first kappa shape index (κ1) is 17.0. The van der Waals surface area contributed by atoms with Gasteiger partial charge in [0, 0.05) is 26.2 Å². The molecule has 0 N–H and O–H groups in total. The van der Waals surface area contributed by atoms with Gasteiger partial charge in [-0.05, 0) is 20.8 Å². The summed E-state index contributed by atoms with van der Waals surface area (Å²) < 4.78 is 20.7. The molecule has 6 heteroatoms. The second-order valence-corrected chi connectivity index (χ2v) is 3.32. The minimum absolute atomic E-state index is 0.243. The van der Waals surface area contributed by atoms with Crippen LogP contribution in [0.4, 0.5) is 0 Å². The van der Waals surface area contributed by atoms with Crippen LogP contribution in [0.25, 0.3) is 0 Å². The van der Waals surface area contributed by atoms with Crippen LogP contribution in [-0.2, 0) is 28.5 Å². The van der Waals surface area contributed by atoms with E-state index < -0.39 is 18.4 Å². The second kappa shape index (κ2) is 11.1. The number of ether oxygens (including phenoxy) is 4. The highest BCUT2D eigenvalue weighted by Crippen LogP contribution is 2.10. The first-order valence-corrected chi connectivity index (χ1v) is 6.14. The number of hydrogen-bond acceptors (Lipinski definition) is 6. The fourth-order valence-corrected chi connectivity index (χ4v) is 1.37. The third kappa shape index (κ3) is 7.37. The van der Waals surface area contributed by atoms with Crippen molar-refractivity contribution in [3.8, 4) is 0 Å². The Labute approximate surface area is 108 Å². The molecular formula is C12H22O6. The van der Waals surface area contributed by atoms with E-state index in [0.29, 0.717) is 26.1 Å². The third-order valence-corrected chi connectivity index (χ3v) is 2.04. The van der Waals surface area contributed by atoms with Crippen LogP contribution in [0, 0.1) is 0 Å². The van der Waals surface area contributed by atoms with Crippen LogP contribution >= 0.6 is 0 Å². The number of aldehydes is 1. The normalized spacial score (nSPS) is 12.4.